The number of nitrogens with one attached hydrogen (secondary N) is 2. The smallest absolute Gasteiger partial charge is 0.191 e. The summed E-state index contributed by atoms with van der Waals surface area (Å²) in [6.07, 6.45) is 5.69. The van der Waals surface area contributed by atoms with Gasteiger partial charge in [0.2, 0.25) is 0 Å². The normalized spacial score (nSPS) is 16.8. The third kappa shape index (κ3) is 7.33. The van der Waals surface area contributed by atoms with Crippen molar-refractivity contribution < 1.29 is 13.9 Å². The largest absolute Gasteiger partial charge is 0.488 e. The number of guanidine groups is 1. The van der Waals surface area contributed by atoms with Gasteiger partial charge in [-0.05, 0) is 36.9 Å². The minimum atomic E-state index is 0.130. The number of thioether (sulfide) groups is 1. The Kier molecular flexibility index (Phi) is 8.77. The molecule has 2 heterocycles. The van der Waals surface area contributed by atoms with Crippen LogP contribution >= 0.6 is 11.8 Å². The Morgan fingerprint density at radius 2 is 2.17 bits per heavy atom. The molecule has 0 bridgehead atoms. The van der Waals surface area contributed by atoms with E-state index in [0.717, 1.165) is 61.3 Å². The zero-order chi connectivity index (χ0) is 20.3. The second-order valence-electron chi connectivity index (χ2n) is 7.06. The summed E-state index contributed by atoms with van der Waals surface area (Å²) in [7, 11) is 0. The average molecular weight is 418 g/mol. The van der Waals surface area contributed by atoms with E-state index in [2.05, 4.69) is 42.0 Å². The Morgan fingerprint density at radius 1 is 1.28 bits per heavy atom. The standard InChI is InChI=1S/C22H31N3O3S/c1-17-5-6-18(21(14-17)28-20-8-12-26-16-20)15-25-22(24-10-13-29-2)23-9-7-19-4-3-11-27-19/h3-6,11,14,20H,7-10,12-13,15-16H2,1-2H3,(H2,23,24,25). The third-order valence-electron chi connectivity index (χ3n) is 4.65. The van der Waals surface area contributed by atoms with Crippen LogP contribution in [0.1, 0.15) is 23.3 Å². The van der Waals surface area contributed by atoms with E-state index in [9.17, 15) is 0 Å². The number of aryl methyl sites for hydroxylation is 1. The third-order valence-corrected chi connectivity index (χ3v) is 5.27. The maximum Gasteiger partial charge on any atom is 0.191 e. The van der Waals surface area contributed by atoms with Crippen molar-refractivity contribution in [2.24, 2.45) is 4.99 Å². The Morgan fingerprint density at radius 3 is 2.93 bits per heavy atom. The van der Waals surface area contributed by atoms with Crippen molar-refractivity contribution in [3.05, 3.63) is 53.5 Å². The van der Waals surface area contributed by atoms with Gasteiger partial charge < -0.3 is 24.5 Å². The molecule has 1 unspecified atom stereocenters. The molecule has 6 nitrogen and oxygen atoms in total. The number of benzene rings is 1. The first kappa shape index (κ1) is 21.6. The average Bonchev–Trinajstić information content (AvgIpc) is 3.41. The maximum absolute atomic E-state index is 6.20. The minimum Gasteiger partial charge on any atom is -0.488 e. The van der Waals surface area contributed by atoms with Crippen LogP contribution in [0.2, 0.25) is 0 Å². The lowest BCUT2D eigenvalue weighted by atomic mass is 10.1. The molecule has 158 valence electrons. The summed E-state index contributed by atoms with van der Waals surface area (Å²) in [5, 5.41) is 6.80. The second kappa shape index (κ2) is 11.8. The van der Waals surface area contributed by atoms with Crippen LogP contribution in [0.25, 0.3) is 0 Å². The predicted octanol–water partition coefficient (Wildman–Crippen LogP) is 3.40. The van der Waals surface area contributed by atoms with Crippen molar-refractivity contribution in [3.63, 3.8) is 0 Å². The molecule has 29 heavy (non-hydrogen) atoms. The Hall–Kier alpha value is -2.12. The molecule has 1 aromatic heterocycles. The SMILES string of the molecule is CSCCNC(=NCc1ccc(C)cc1OC1CCOC1)NCCc1ccco1. The summed E-state index contributed by atoms with van der Waals surface area (Å²) < 4.78 is 17.0. The lowest BCUT2D eigenvalue weighted by Crippen LogP contribution is -2.39. The number of hydrogen-bond acceptors (Lipinski definition) is 5. The van der Waals surface area contributed by atoms with Crippen LogP contribution in [0.15, 0.2) is 46.0 Å². The highest BCUT2D eigenvalue weighted by molar-refractivity contribution is 7.98. The van der Waals surface area contributed by atoms with Gasteiger partial charge in [0.25, 0.3) is 0 Å². The first-order valence-electron chi connectivity index (χ1n) is 10.1. The Bertz CT molecular complexity index is 759. The van der Waals surface area contributed by atoms with Crippen molar-refractivity contribution in [1.82, 2.24) is 10.6 Å². The second-order valence-corrected chi connectivity index (χ2v) is 8.04. The highest BCUT2D eigenvalue weighted by Gasteiger charge is 2.18. The minimum absolute atomic E-state index is 0.130. The summed E-state index contributed by atoms with van der Waals surface area (Å²) in [5.41, 5.74) is 2.26. The monoisotopic (exact) mass is 417 g/mol. The summed E-state index contributed by atoms with van der Waals surface area (Å²) in [6, 6.07) is 10.2. The van der Waals surface area contributed by atoms with Crippen LogP contribution in [-0.4, -0.2) is 50.4 Å². The highest BCUT2D eigenvalue weighted by atomic mass is 32.2. The molecular weight excluding hydrogens is 386 g/mol. The van der Waals surface area contributed by atoms with Crippen LogP contribution < -0.4 is 15.4 Å². The predicted molar refractivity (Wildman–Crippen MR) is 119 cm³/mol. The number of furan rings is 1. The van der Waals surface area contributed by atoms with E-state index in [4.69, 9.17) is 18.9 Å². The molecule has 1 aliphatic rings. The molecule has 1 atom stereocenters. The molecule has 7 heteroatoms. The summed E-state index contributed by atoms with van der Waals surface area (Å²) in [6.45, 7) is 5.69. The van der Waals surface area contributed by atoms with Gasteiger partial charge in [-0.1, -0.05) is 12.1 Å². The maximum atomic E-state index is 6.20. The van der Waals surface area contributed by atoms with E-state index in [-0.39, 0.29) is 6.10 Å². The van der Waals surface area contributed by atoms with Gasteiger partial charge in [0.15, 0.2) is 5.96 Å². The van der Waals surface area contributed by atoms with Crippen LogP contribution in [0.5, 0.6) is 5.75 Å². The summed E-state index contributed by atoms with van der Waals surface area (Å²) in [5.74, 6) is 3.71. The zero-order valence-electron chi connectivity index (χ0n) is 17.3. The number of rotatable bonds is 10. The molecule has 1 aliphatic heterocycles. The van der Waals surface area contributed by atoms with E-state index in [1.807, 2.05) is 23.9 Å². The Balaban J connectivity index is 1.62. The van der Waals surface area contributed by atoms with Gasteiger partial charge in [-0.2, -0.15) is 11.8 Å². The lowest BCUT2D eigenvalue weighted by molar-refractivity contribution is 0.140. The van der Waals surface area contributed by atoms with Gasteiger partial charge in [-0.25, -0.2) is 4.99 Å². The molecule has 1 aromatic carbocycles. The van der Waals surface area contributed by atoms with Crippen molar-refractivity contribution in [2.75, 3.05) is 38.3 Å². The molecule has 1 saturated heterocycles. The van der Waals surface area contributed by atoms with E-state index in [1.54, 1.807) is 6.26 Å². The summed E-state index contributed by atoms with van der Waals surface area (Å²) >= 11 is 1.81. The molecular formula is C22H31N3O3S. The van der Waals surface area contributed by atoms with Gasteiger partial charge in [0.1, 0.15) is 17.6 Å². The van der Waals surface area contributed by atoms with E-state index < -0.39 is 0 Å². The molecule has 2 N–H and O–H groups in total. The fourth-order valence-corrected chi connectivity index (χ4v) is 3.36. The fraction of sp³-hybridized carbons (Fsp3) is 0.500. The van der Waals surface area contributed by atoms with Crippen molar-refractivity contribution in [3.8, 4) is 5.75 Å². The number of ether oxygens (including phenoxy) is 2. The molecule has 0 saturated carbocycles. The van der Waals surface area contributed by atoms with Gasteiger partial charge in [0.05, 0.1) is 26.0 Å². The van der Waals surface area contributed by atoms with Crippen LogP contribution in [-0.2, 0) is 17.7 Å². The van der Waals surface area contributed by atoms with Crippen LogP contribution in [0.4, 0.5) is 0 Å². The van der Waals surface area contributed by atoms with Crippen LogP contribution in [0.3, 0.4) is 0 Å². The van der Waals surface area contributed by atoms with E-state index >= 15 is 0 Å². The van der Waals surface area contributed by atoms with Crippen molar-refractivity contribution >= 4 is 17.7 Å². The van der Waals surface area contributed by atoms with Crippen molar-refractivity contribution in [2.45, 2.75) is 32.4 Å². The molecule has 0 radical (unpaired) electrons. The zero-order valence-corrected chi connectivity index (χ0v) is 18.1. The molecule has 0 amide bonds. The molecule has 3 rings (SSSR count). The quantitative estimate of drug-likeness (QED) is 0.351. The number of nitrogens with zero attached hydrogens (tertiary/aromatic N) is 1. The fourth-order valence-electron chi connectivity index (χ4n) is 3.06. The molecule has 2 aromatic rings. The Labute approximate surface area is 177 Å². The van der Waals surface area contributed by atoms with Gasteiger partial charge in [-0.15, -0.1) is 0 Å². The first-order valence-corrected chi connectivity index (χ1v) is 11.5. The van der Waals surface area contributed by atoms with Crippen molar-refractivity contribution in [1.29, 1.82) is 0 Å². The molecule has 1 fully saturated rings. The van der Waals surface area contributed by atoms with E-state index in [0.29, 0.717) is 13.2 Å². The first-order chi connectivity index (χ1) is 14.2. The van der Waals surface area contributed by atoms with Gasteiger partial charge >= 0.3 is 0 Å². The molecule has 0 aliphatic carbocycles. The molecule has 0 spiro atoms. The van der Waals surface area contributed by atoms with Gasteiger partial charge in [0, 0.05) is 37.2 Å². The number of aliphatic imine (C=N–C) groups is 1. The topological polar surface area (TPSA) is 68.0 Å². The number of hydrogen-bond donors (Lipinski definition) is 2. The van der Waals surface area contributed by atoms with Crippen LogP contribution in [0, 0.1) is 6.92 Å². The van der Waals surface area contributed by atoms with E-state index in [1.165, 1.54) is 5.56 Å². The lowest BCUT2D eigenvalue weighted by Gasteiger charge is -2.16. The summed E-state index contributed by atoms with van der Waals surface area (Å²) in [4.78, 5) is 4.79. The highest BCUT2D eigenvalue weighted by Crippen LogP contribution is 2.24. The van der Waals surface area contributed by atoms with Gasteiger partial charge in [-0.3, -0.25) is 0 Å².